The number of carbonyl (C=O) groups excluding carboxylic acids is 1. The van der Waals surface area contributed by atoms with Crippen molar-refractivity contribution in [2.75, 3.05) is 0 Å². The summed E-state index contributed by atoms with van der Waals surface area (Å²) in [6.07, 6.45) is 0. The molecule has 0 fully saturated rings. The zero-order chi connectivity index (χ0) is 18.3. The first-order valence-corrected chi connectivity index (χ1v) is 9.35. The van der Waals surface area contributed by atoms with Gasteiger partial charge in [-0.05, 0) is 61.2 Å². The van der Waals surface area contributed by atoms with Crippen molar-refractivity contribution in [2.24, 2.45) is 5.16 Å². The summed E-state index contributed by atoms with van der Waals surface area (Å²) in [5.74, 6) is 0.0450. The summed E-state index contributed by atoms with van der Waals surface area (Å²) in [4.78, 5) is 13.5. The number of aromatic nitrogens is 1. The van der Waals surface area contributed by atoms with Crippen molar-refractivity contribution >= 4 is 44.6 Å². The van der Waals surface area contributed by atoms with Crippen LogP contribution in [0.15, 0.2) is 59.1 Å². The number of carbonyl (C=O) groups is 1. The second-order valence-electron chi connectivity index (χ2n) is 6.20. The molecule has 5 heteroatoms. The molecule has 1 N–H and O–H groups in total. The molecule has 0 aliphatic carbocycles. The Balaban J connectivity index is 1.98. The molecular weight excluding hydrogens is 344 g/mol. The van der Waals surface area contributed by atoms with Crippen molar-refractivity contribution < 1.29 is 10.0 Å². The molecule has 0 bridgehead atoms. The number of nitrogens with zero attached hydrogens (tertiary/aromatic N) is 2. The van der Waals surface area contributed by atoms with E-state index in [1.54, 1.807) is 6.92 Å². The van der Waals surface area contributed by atoms with Crippen molar-refractivity contribution in [3.63, 3.8) is 0 Å². The van der Waals surface area contributed by atoms with Gasteiger partial charge in [0.25, 0.3) is 0 Å². The van der Waals surface area contributed by atoms with Gasteiger partial charge in [0.05, 0.1) is 10.6 Å². The van der Waals surface area contributed by atoms with Gasteiger partial charge in [0.15, 0.2) is 0 Å². The summed E-state index contributed by atoms with van der Waals surface area (Å²) in [7, 11) is 0. The second-order valence-corrected chi connectivity index (χ2v) is 7.15. The fourth-order valence-electron chi connectivity index (χ4n) is 3.42. The molecule has 130 valence electrons. The van der Waals surface area contributed by atoms with Crippen LogP contribution in [0.5, 0.6) is 0 Å². The minimum Gasteiger partial charge on any atom is -0.411 e. The van der Waals surface area contributed by atoms with Crippen LogP contribution in [0.3, 0.4) is 0 Å². The highest BCUT2D eigenvalue weighted by molar-refractivity contribution is 7.12. The van der Waals surface area contributed by atoms with Crippen LogP contribution in [0.1, 0.15) is 34.6 Å². The van der Waals surface area contributed by atoms with E-state index >= 15 is 0 Å². The van der Waals surface area contributed by atoms with Crippen LogP contribution in [-0.2, 0) is 6.54 Å². The van der Waals surface area contributed by atoms with Crippen LogP contribution in [0.25, 0.3) is 21.8 Å². The van der Waals surface area contributed by atoms with Gasteiger partial charge in [-0.1, -0.05) is 17.3 Å². The molecule has 4 nitrogen and oxygen atoms in total. The van der Waals surface area contributed by atoms with E-state index in [4.69, 9.17) is 5.21 Å². The Kier molecular flexibility index (Phi) is 4.09. The largest absolute Gasteiger partial charge is 0.411 e. The predicted octanol–water partition coefficient (Wildman–Crippen LogP) is 5.31. The molecule has 4 aromatic rings. The van der Waals surface area contributed by atoms with E-state index in [1.165, 1.54) is 11.3 Å². The van der Waals surface area contributed by atoms with Crippen molar-refractivity contribution in [2.45, 2.75) is 20.4 Å². The van der Waals surface area contributed by atoms with Crippen LogP contribution in [-0.4, -0.2) is 21.3 Å². The summed E-state index contributed by atoms with van der Waals surface area (Å²) >= 11 is 1.46. The smallest absolute Gasteiger partial charge is 0.202 e. The van der Waals surface area contributed by atoms with Gasteiger partial charge < -0.3 is 9.77 Å². The molecule has 0 radical (unpaired) electrons. The lowest BCUT2D eigenvalue weighted by Crippen LogP contribution is -1.98. The Bertz CT molecular complexity index is 1150. The molecular formula is C21H18N2O2S. The maximum absolute atomic E-state index is 12.7. The third-order valence-electron chi connectivity index (χ3n) is 4.76. The Morgan fingerprint density at radius 2 is 1.73 bits per heavy atom. The molecule has 0 aliphatic heterocycles. The van der Waals surface area contributed by atoms with Gasteiger partial charge in [-0.25, -0.2) is 0 Å². The third-order valence-corrected chi connectivity index (χ3v) is 5.62. The molecule has 2 aromatic carbocycles. The quantitative estimate of drug-likeness (QED) is 0.232. The summed E-state index contributed by atoms with van der Waals surface area (Å²) in [5.41, 5.74) is 4.33. The van der Waals surface area contributed by atoms with Crippen LogP contribution in [0.4, 0.5) is 0 Å². The molecule has 0 aliphatic rings. The van der Waals surface area contributed by atoms with E-state index in [0.29, 0.717) is 11.3 Å². The number of ketones is 1. The molecule has 0 amide bonds. The second kappa shape index (κ2) is 6.42. The van der Waals surface area contributed by atoms with Gasteiger partial charge in [0, 0.05) is 33.9 Å². The molecule has 0 spiro atoms. The summed E-state index contributed by atoms with van der Waals surface area (Å²) in [6, 6.07) is 15.7. The minimum absolute atomic E-state index is 0.0450. The average molecular weight is 362 g/mol. The number of hydrogen-bond acceptors (Lipinski definition) is 4. The monoisotopic (exact) mass is 362 g/mol. The summed E-state index contributed by atoms with van der Waals surface area (Å²) in [5, 5.41) is 16.4. The zero-order valence-electron chi connectivity index (χ0n) is 14.6. The van der Waals surface area contributed by atoms with E-state index < -0.39 is 0 Å². The van der Waals surface area contributed by atoms with Crippen molar-refractivity contribution in [3.8, 4) is 0 Å². The first kappa shape index (κ1) is 16.5. The van der Waals surface area contributed by atoms with Crippen LogP contribution in [0.2, 0.25) is 0 Å². The Hall–Kier alpha value is -2.92. The highest BCUT2D eigenvalue weighted by Crippen LogP contribution is 2.31. The van der Waals surface area contributed by atoms with Gasteiger partial charge in [-0.2, -0.15) is 0 Å². The number of rotatable bonds is 4. The van der Waals surface area contributed by atoms with Gasteiger partial charge in [0.1, 0.15) is 0 Å². The van der Waals surface area contributed by atoms with E-state index in [1.807, 2.05) is 53.9 Å². The summed E-state index contributed by atoms with van der Waals surface area (Å²) < 4.78 is 2.24. The number of benzene rings is 2. The summed E-state index contributed by atoms with van der Waals surface area (Å²) in [6.45, 7) is 4.72. The predicted molar refractivity (Wildman–Crippen MR) is 107 cm³/mol. The molecule has 4 rings (SSSR count). The Morgan fingerprint density at radius 3 is 2.31 bits per heavy atom. The maximum Gasteiger partial charge on any atom is 0.202 e. The SMILES string of the molecule is CCn1c2ccc(C(=O)c3cccs3)cc2c2cc(C(C)=NO)ccc21. The molecule has 2 heterocycles. The first-order valence-electron chi connectivity index (χ1n) is 8.47. The maximum atomic E-state index is 12.7. The molecule has 0 saturated carbocycles. The molecule has 26 heavy (non-hydrogen) atoms. The average Bonchev–Trinajstić information content (AvgIpc) is 3.32. The van der Waals surface area contributed by atoms with Gasteiger partial charge in [-0.15, -0.1) is 11.3 Å². The molecule has 0 unspecified atom stereocenters. The fourth-order valence-corrected chi connectivity index (χ4v) is 4.10. The van der Waals surface area contributed by atoms with Gasteiger partial charge >= 0.3 is 0 Å². The van der Waals surface area contributed by atoms with Crippen LogP contribution < -0.4 is 0 Å². The van der Waals surface area contributed by atoms with E-state index in [9.17, 15) is 4.79 Å². The normalized spacial score (nSPS) is 12.2. The Morgan fingerprint density at radius 1 is 1.08 bits per heavy atom. The lowest BCUT2D eigenvalue weighted by Gasteiger charge is -2.04. The van der Waals surface area contributed by atoms with E-state index in [2.05, 4.69) is 16.6 Å². The number of thiophene rings is 1. The fraction of sp³-hybridized carbons (Fsp3) is 0.143. The Labute approximate surface area is 155 Å². The number of aryl methyl sites for hydroxylation is 1. The standard InChI is InChI=1S/C21H18N2O2S/c1-3-23-18-8-6-14(13(2)22-25)11-16(18)17-12-15(7-9-19(17)23)21(24)20-5-4-10-26-20/h4-12,25H,3H2,1-2H3. The highest BCUT2D eigenvalue weighted by atomic mass is 32.1. The minimum atomic E-state index is 0.0450. The van der Waals surface area contributed by atoms with Crippen molar-refractivity contribution in [1.82, 2.24) is 4.57 Å². The molecule has 2 aromatic heterocycles. The number of oxime groups is 1. The van der Waals surface area contributed by atoms with Gasteiger partial charge in [0.2, 0.25) is 5.78 Å². The molecule has 0 atom stereocenters. The van der Waals surface area contributed by atoms with E-state index in [-0.39, 0.29) is 5.78 Å². The van der Waals surface area contributed by atoms with Crippen LogP contribution >= 0.6 is 11.3 Å². The lowest BCUT2D eigenvalue weighted by molar-refractivity contribution is 0.104. The highest BCUT2D eigenvalue weighted by Gasteiger charge is 2.15. The van der Waals surface area contributed by atoms with Crippen molar-refractivity contribution in [1.29, 1.82) is 0 Å². The van der Waals surface area contributed by atoms with Gasteiger partial charge in [-0.3, -0.25) is 4.79 Å². The van der Waals surface area contributed by atoms with Crippen LogP contribution in [0, 0.1) is 0 Å². The van der Waals surface area contributed by atoms with Crippen molar-refractivity contribution in [3.05, 3.63) is 69.9 Å². The lowest BCUT2D eigenvalue weighted by atomic mass is 10.0. The third kappa shape index (κ3) is 2.52. The molecule has 0 saturated heterocycles. The first-order chi connectivity index (χ1) is 12.6. The zero-order valence-corrected chi connectivity index (χ0v) is 15.4. The topological polar surface area (TPSA) is 54.6 Å². The number of fused-ring (bicyclic) bond motifs is 3. The number of hydrogen-bond donors (Lipinski definition) is 1. The van der Waals surface area contributed by atoms with E-state index in [0.717, 1.165) is 38.8 Å².